The van der Waals surface area contributed by atoms with Crippen LogP contribution in [0.25, 0.3) is 44.6 Å². The van der Waals surface area contributed by atoms with Crippen molar-refractivity contribution in [3.63, 3.8) is 0 Å². The Morgan fingerprint density at radius 1 is 0.740 bits per heavy atom. The standard InChI is InChI=1S/C57H65F2N7O7/c1-9-72-54(70)63-47(31(3)4)52(68)65-30-56(7,8)28-46(65)50-60-29-45(62-50)37-15-11-13-33(23-37)35-18-21-41-42-22-19-36(27-44(42)57(58,59)43(41)26-35)34-14-12-16-39(24-34)61-51(67)49-38-17-20-40(25-38)66(49)53(69)48(32(5)6)64-55(71)73-10-2/h11-16,18-19,21-24,26-27,29,31-32,38,40,46-49H,9-10,17,20,25,28,30H2,1-8H3,(H,60,62)(H,61,67)(H,63,70)(H,64,71)/t38?,40?,46?,47?,48-,49-/m0/s1. The molecule has 4 aliphatic rings. The predicted octanol–water partition coefficient (Wildman–Crippen LogP) is 10.7. The van der Waals surface area contributed by atoms with Crippen LogP contribution in [0.3, 0.4) is 0 Å². The molecule has 0 spiro atoms. The molecule has 4 unspecified atom stereocenters. The Morgan fingerprint density at radius 3 is 1.90 bits per heavy atom. The van der Waals surface area contributed by atoms with Crippen molar-refractivity contribution in [1.29, 1.82) is 0 Å². The number of halogens is 2. The molecule has 384 valence electrons. The van der Waals surface area contributed by atoms with Gasteiger partial charge in [-0.05, 0) is 126 Å². The van der Waals surface area contributed by atoms with Crippen LogP contribution in [0, 0.1) is 23.2 Å². The lowest BCUT2D eigenvalue weighted by Gasteiger charge is -2.37. The zero-order valence-corrected chi connectivity index (χ0v) is 42.7. The number of benzene rings is 4. The number of anilines is 1. The van der Waals surface area contributed by atoms with Crippen molar-refractivity contribution in [2.24, 2.45) is 23.2 Å². The van der Waals surface area contributed by atoms with Gasteiger partial charge in [0.25, 0.3) is 5.92 Å². The van der Waals surface area contributed by atoms with Crippen molar-refractivity contribution < 1.29 is 42.2 Å². The first-order valence-corrected chi connectivity index (χ1v) is 25.5. The Hall–Kier alpha value is -7.10. The zero-order chi connectivity index (χ0) is 52.1. The van der Waals surface area contributed by atoms with Crippen molar-refractivity contribution in [2.45, 2.75) is 117 Å². The quantitative estimate of drug-likeness (QED) is 0.0850. The Kier molecular flexibility index (Phi) is 14.0. The van der Waals surface area contributed by atoms with Crippen LogP contribution in [0.1, 0.15) is 104 Å². The van der Waals surface area contributed by atoms with E-state index in [1.165, 1.54) is 6.07 Å². The molecule has 3 fully saturated rings. The van der Waals surface area contributed by atoms with E-state index in [2.05, 4.69) is 34.8 Å². The average Bonchev–Trinajstić information content (AvgIpc) is 4.21. The maximum Gasteiger partial charge on any atom is 0.407 e. The van der Waals surface area contributed by atoms with E-state index < -0.39 is 36.2 Å². The smallest absolute Gasteiger partial charge is 0.407 e. The number of amides is 5. The van der Waals surface area contributed by atoms with E-state index in [0.717, 1.165) is 24.0 Å². The first kappa shape index (κ1) is 50.8. The van der Waals surface area contributed by atoms with Crippen molar-refractivity contribution in [1.82, 2.24) is 30.4 Å². The summed E-state index contributed by atoms with van der Waals surface area (Å²) in [5, 5.41) is 8.47. The molecule has 2 aliphatic heterocycles. The van der Waals surface area contributed by atoms with Gasteiger partial charge in [0, 0.05) is 35.0 Å². The fraction of sp³-hybridized carbons (Fsp3) is 0.439. The van der Waals surface area contributed by atoms with Crippen molar-refractivity contribution >= 4 is 35.6 Å². The van der Waals surface area contributed by atoms with Crippen LogP contribution in [-0.4, -0.2) is 93.6 Å². The summed E-state index contributed by atoms with van der Waals surface area (Å²) >= 11 is 0. The van der Waals surface area contributed by atoms with Gasteiger partial charge < -0.3 is 40.2 Å². The molecular weight excluding hydrogens is 933 g/mol. The van der Waals surface area contributed by atoms with E-state index in [0.29, 0.717) is 64.4 Å². The summed E-state index contributed by atoms with van der Waals surface area (Å²) < 4.78 is 43.7. The lowest BCUT2D eigenvalue weighted by Crippen LogP contribution is -2.58. The second kappa shape index (κ2) is 20.1. The molecule has 0 radical (unpaired) electrons. The molecule has 16 heteroatoms. The maximum atomic E-state index is 16.8. The van der Waals surface area contributed by atoms with E-state index in [4.69, 9.17) is 14.5 Å². The second-order valence-electron chi connectivity index (χ2n) is 21.4. The molecule has 4 aromatic carbocycles. The SMILES string of the molecule is CCOC(=O)NC(C(=O)N1CC(C)(C)CC1c1ncc(-c2cccc(-c3ccc4c(c3)C(F)(F)c3cc(-c5cccc(NC(=O)[C@@H]6C7CCC(C7)N6C(=O)[C@@H](NC(=O)OCC)C(C)C)c5)ccc3-4)c2)[nH]1)C(C)C. The highest BCUT2D eigenvalue weighted by Gasteiger charge is 2.53. The summed E-state index contributed by atoms with van der Waals surface area (Å²) in [6.07, 6.45) is 3.33. The number of likely N-dealkylation sites (tertiary alicyclic amines) is 2. The Balaban J connectivity index is 0.914. The molecule has 6 atom stereocenters. The number of alkyl carbamates (subject to hydrolysis) is 2. The number of imidazole rings is 1. The van der Waals surface area contributed by atoms with Gasteiger partial charge in [-0.25, -0.2) is 14.6 Å². The molecule has 1 aromatic heterocycles. The number of rotatable bonds is 14. The molecule has 9 rings (SSSR count). The molecule has 2 bridgehead atoms. The third-order valence-corrected chi connectivity index (χ3v) is 15.0. The van der Waals surface area contributed by atoms with Crippen LogP contribution >= 0.6 is 0 Å². The first-order valence-electron chi connectivity index (χ1n) is 25.5. The van der Waals surface area contributed by atoms with Crippen LogP contribution in [0.15, 0.2) is 91.1 Å². The van der Waals surface area contributed by atoms with Crippen LogP contribution in [-0.2, 0) is 29.8 Å². The molecule has 2 aliphatic carbocycles. The summed E-state index contributed by atoms with van der Waals surface area (Å²) in [6.45, 7) is 15.9. The molecule has 1 saturated carbocycles. The van der Waals surface area contributed by atoms with Gasteiger partial charge >= 0.3 is 12.2 Å². The minimum absolute atomic E-state index is 0.0310. The molecule has 2 saturated heterocycles. The number of piperidine rings is 1. The highest BCUT2D eigenvalue weighted by molar-refractivity contribution is 6.00. The van der Waals surface area contributed by atoms with Gasteiger partial charge in [0.05, 0.1) is 31.1 Å². The number of H-pyrrole nitrogens is 1. The highest BCUT2D eigenvalue weighted by Crippen LogP contribution is 2.53. The number of aromatic amines is 1. The Bertz CT molecular complexity index is 2950. The van der Waals surface area contributed by atoms with Gasteiger partial charge in [-0.1, -0.05) is 96.1 Å². The lowest BCUT2D eigenvalue weighted by molar-refractivity contribution is -0.143. The molecule has 4 N–H and O–H groups in total. The van der Waals surface area contributed by atoms with Gasteiger partial charge in [0.15, 0.2) is 0 Å². The van der Waals surface area contributed by atoms with Crippen molar-refractivity contribution in [3.05, 3.63) is 108 Å². The summed E-state index contributed by atoms with van der Waals surface area (Å²) in [5.41, 5.74) is 4.96. The number of nitrogens with zero attached hydrogens (tertiary/aromatic N) is 3. The molecule has 5 aromatic rings. The normalized spacial score (nSPS) is 20.9. The minimum atomic E-state index is -3.31. The van der Waals surface area contributed by atoms with E-state index >= 15 is 8.78 Å². The van der Waals surface area contributed by atoms with Crippen LogP contribution in [0.5, 0.6) is 0 Å². The summed E-state index contributed by atoms with van der Waals surface area (Å²) in [4.78, 5) is 78.6. The number of hydrogen-bond acceptors (Lipinski definition) is 8. The monoisotopic (exact) mass is 997 g/mol. The number of aromatic nitrogens is 2. The predicted molar refractivity (Wildman–Crippen MR) is 274 cm³/mol. The lowest BCUT2D eigenvalue weighted by atomic mass is 9.90. The van der Waals surface area contributed by atoms with Gasteiger partial charge in [0.1, 0.15) is 23.9 Å². The topological polar surface area (TPSA) is 175 Å². The number of hydrogen-bond donors (Lipinski definition) is 4. The number of ether oxygens (including phenoxy) is 2. The highest BCUT2D eigenvalue weighted by atomic mass is 19.3. The second-order valence-corrected chi connectivity index (χ2v) is 21.4. The zero-order valence-electron chi connectivity index (χ0n) is 42.7. The Morgan fingerprint density at radius 2 is 1.30 bits per heavy atom. The molecule has 3 heterocycles. The number of carbonyl (C=O) groups is 5. The average molecular weight is 998 g/mol. The van der Waals surface area contributed by atoms with E-state index in [1.54, 1.807) is 66.2 Å². The van der Waals surface area contributed by atoms with E-state index in [1.807, 2.05) is 70.2 Å². The number of carbonyl (C=O) groups excluding carboxylic acids is 5. The van der Waals surface area contributed by atoms with Crippen molar-refractivity contribution in [3.8, 4) is 44.6 Å². The van der Waals surface area contributed by atoms with Crippen LogP contribution in [0.4, 0.5) is 24.1 Å². The summed E-state index contributed by atoms with van der Waals surface area (Å²) in [6, 6.07) is 22.0. The molecule has 5 amide bonds. The molecule has 14 nitrogen and oxygen atoms in total. The third kappa shape index (κ3) is 9.92. The third-order valence-electron chi connectivity index (χ3n) is 15.0. The van der Waals surface area contributed by atoms with Gasteiger partial charge in [-0.15, -0.1) is 0 Å². The maximum absolute atomic E-state index is 16.8. The fourth-order valence-electron chi connectivity index (χ4n) is 11.4. The van der Waals surface area contributed by atoms with E-state index in [-0.39, 0.29) is 77.3 Å². The van der Waals surface area contributed by atoms with Crippen molar-refractivity contribution in [2.75, 3.05) is 25.1 Å². The van der Waals surface area contributed by atoms with Gasteiger partial charge in [-0.3, -0.25) is 14.4 Å². The first-order chi connectivity index (χ1) is 34.8. The summed E-state index contributed by atoms with van der Waals surface area (Å²) in [7, 11) is 0. The number of nitrogens with one attached hydrogen (secondary N) is 4. The van der Waals surface area contributed by atoms with Gasteiger partial charge in [-0.2, -0.15) is 8.78 Å². The minimum Gasteiger partial charge on any atom is -0.450 e. The fourth-order valence-corrected chi connectivity index (χ4v) is 11.4. The van der Waals surface area contributed by atoms with Crippen LogP contribution in [0.2, 0.25) is 0 Å². The summed E-state index contributed by atoms with van der Waals surface area (Å²) in [5.74, 6) is -4.02. The van der Waals surface area contributed by atoms with Crippen LogP contribution < -0.4 is 16.0 Å². The molecular formula is C57H65F2N7O7. The van der Waals surface area contributed by atoms with E-state index in [9.17, 15) is 24.0 Å². The number of alkyl halides is 2. The molecule has 73 heavy (non-hydrogen) atoms. The Labute approximate surface area is 425 Å². The largest absolute Gasteiger partial charge is 0.450 e. The van der Waals surface area contributed by atoms with Gasteiger partial charge in [0.2, 0.25) is 17.7 Å². The number of fused-ring (bicyclic) bond motifs is 5.